The van der Waals surface area contributed by atoms with Crippen LogP contribution in [0.4, 0.5) is 0 Å². The van der Waals surface area contributed by atoms with Gasteiger partial charge in [-0.15, -0.1) is 0 Å². The minimum Gasteiger partial charge on any atom is -0.497 e. The van der Waals surface area contributed by atoms with Gasteiger partial charge >= 0.3 is 0 Å². The van der Waals surface area contributed by atoms with E-state index in [2.05, 4.69) is 9.97 Å². The second-order valence-electron chi connectivity index (χ2n) is 4.30. The van der Waals surface area contributed by atoms with E-state index in [1.54, 1.807) is 37.4 Å². The third-order valence-electron chi connectivity index (χ3n) is 3.03. The van der Waals surface area contributed by atoms with Crippen LogP contribution < -0.4 is 10.3 Å². The van der Waals surface area contributed by atoms with E-state index in [-0.39, 0.29) is 5.56 Å². The van der Waals surface area contributed by atoms with Gasteiger partial charge in [0.25, 0.3) is 5.56 Å². The highest BCUT2D eigenvalue weighted by atomic mass is 35.5. The number of methoxy groups -OCH3 is 1. The molecule has 20 heavy (non-hydrogen) atoms. The molecular weight excluding hydrogens is 276 g/mol. The van der Waals surface area contributed by atoms with Crippen LogP contribution in [0.3, 0.4) is 0 Å². The molecule has 3 aromatic rings. The van der Waals surface area contributed by atoms with Gasteiger partial charge in [-0.05, 0) is 36.4 Å². The molecule has 0 spiro atoms. The van der Waals surface area contributed by atoms with Gasteiger partial charge < -0.3 is 9.72 Å². The minimum atomic E-state index is -0.178. The first-order chi connectivity index (χ1) is 9.67. The van der Waals surface area contributed by atoms with Gasteiger partial charge in [-0.1, -0.05) is 11.6 Å². The van der Waals surface area contributed by atoms with Gasteiger partial charge in [0.15, 0.2) is 0 Å². The van der Waals surface area contributed by atoms with Crippen LogP contribution in [0.5, 0.6) is 5.75 Å². The Balaban J connectivity index is 2.22. The molecule has 0 radical (unpaired) electrons. The lowest BCUT2D eigenvalue weighted by atomic mass is 10.2. The van der Waals surface area contributed by atoms with E-state index in [1.807, 2.05) is 12.1 Å². The second-order valence-corrected chi connectivity index (χ2v) is 4.74. The van der Waals surface area contributed by atoms with Crippen LogP contribution in [0.2, 0.25) is 5.02 Å². The fourth-order valence-electron chi connectivity index (χ4n) is 1.99. The fourth-order valence-corrected chi connectivity index (χ4v) is 2.12. The van der Waals surface area contributed by atoms with Crippen molar-refractivity contribution >= 4 is 22.5 Å². The number of nitrogens with one attached hydrogen (secondary N) is 1. The normalized spacial score (nSPS) is 10.7. The lowest BCUT2D eigenvalue weighted by Crippen LogP contribution is -2.09. The van der Waals surface area contributed by atoms with Crippen LogP contribution in [0.15, 0.2) is 47.3 Å². The Morgan fingerprint density at radius 3 is 2.60 bits per heavy atom. The SMILES string of the molecule is COc1ccc2c(=O)[nH]c(-c3ccc(Cl)cc3)nc2c1. The number of rotatable bonds is 2. The van der Waals surface area contributed by atoms with Crippen molar-refractivity contribution in [2.45, 2.75) is 0 Å². The molecule has 0 aliphatic carbocycles. The van der Waals surface area contributed by atoms with E-state index in [4.69, 9.17) is 16.3 Å². The first kappa shape index (κ1) is 12.7. The molecule has 0 aliphatic heterocycles. The quantitative estimate of drug-likeness (QED) is 0.787. The Morgan fingerprint density at radius 1 is 1.15 bits per heavy atom. The third-order valence-corrected chi connectivity index (χ3v) is 3.28. The summed E-state index contributed by atoms with van der Waals surface area (Å²) in [4.78, 5) is 19.3. The van der Waals surface area contributed by atoms with Gasteiger partial charge in [-0.3, -0.25) is 4.79 Å². The summed E-state index contributed by atoms with van der Waals surface area (Å²) in [5, 5.41) is 1.17. The molecule has 0 aliphatic rings. The van der Waals surface area contributed by atoms with E-state index in [0.29, 0.717) is 27.5 Å². The smallest absolute Gasteiger partial charge is 0.259 e. The third kappa shape index (κ3) is 2.26. The van der Waals surface area contributed by atoms with Gasteiger partial charge in [-0.25, -0.2) is 4.98 Å². The first-order valence-electron chi connectivity index (χ1n) is 6.01. The number of hydrogen-bond donors (Lipinski definition) is 1. The summed E-state index contributed by atoms with van der Waals surface area (Å²) in [6.45, 7) is 0. The van der Waals surface area contributed by atoms with Crippen molar-refractivity contribution < 1.29 is 4.74 Å². The maximum atomic E-state index is 12.1. The zero-order valence-corrected chi connectivity index (χ0v) is 11.4. The first-order valence-corrected chi connectivity index (χ1v) is 6.39. The molecule has 0 saturated heterocycles. The van der Waals surface area contributed by atoms with Gasteiger partial charge in [0, 0.05) is 16.7 Å². The fraction of sp³-hybridized carbons (Fsp3) is 0.0667. The number of H-pyrrole nitrogens is 1. The summed E-state index contributed by atoms with van der Waals surface area (Å²) in [5.74, 6) is 1.17. The summed E-state index contributed by atoms with van der Waals surface area (Å²) < 4.78 is 5.15. The van der Waals surface area contributed by atoms with Crippen LogP contribution in [0, 0.1) is 0 Å². The Morgan fingerprint density at radius 2 is 1.90 bits per heavy atom. The van der Waals surface area contributed by atoms with E-state index >= 15 is 0 Å². The molecule has 0 unspecified atom stereocenters. The van der Waals surface area contributed by atoms with Gasteiger partial charge in [0.05, 0.1) is 18.0 Å². The Labute approximate surface area is 120 Å². The van der Waals surface area contributed by atoms with E-state index in [0.717, 1.165) is 5.56 Å². The standard InChI is InChI=1S/C15H11ClN2O2/c1-20-11-6-7-12-13(8-11)17-14(18-15(12)19)9-2-4-10(16)5-3-9/h2-8H,1H3,(H,17,18,19). The number of aromatic nitrogens is 2. The molecular formula is C15H11ClN2O2. The highest BCUT2D eigenvalue weighted by molar-refractivity contribution is 6.30. The maximum Gasteiger partial charge on any atom is 0.259 e. The summed E-state index contributed by atoms with van der Waals surface area (Å²) >= 11 is 5.86. The number of hydrogen-bond acceptors (Lipinski definition) is 3. The molecule has 0 saturated carbocycles. The Kier molecular flexibility index (Phi) is 3.16. The molecule has 5 heteroatoms. The molecule has 1 N–H and O–H groups in total. The predicted molar refractivity (Wildman–Crippen MR) is 79.4 cm³/mol. The molecule has 0 bridgehead atoms. The number of ether oxygens (including phenoxy) is 1. The summed E-state index contributed by atoms with van der Waals surface area (Å²) in [7, 11) is 1.58. The number of fused-ring (bicyclic) bond motifs is 1. The Hall–Kier alpha value is -2.33. The van der Waals surface area contributed by atoms with Crippen molar-refractivity contribution in [3.63, 3.8) is 0 Å². The van der Waals surface area contributed by atoms with Crippen LogP contribution in [-0.2, 0) is 0 Å². The Bertz CT molecular complexity index is 825. The summed E-state index contributed by atoms with van der Waals surface area (Å²) in [6, 6.07) is 12.3. The van der Waals surface area contributed by atoms with Gasteiger partial charge in [0.2, 0.25) is 0 Å². The average molecular weight is 287 g/mol. The summed E-state index contributed by atoms with van der Waals surface area (Å²) in [5.41, 5.74) is 1.22. The van der Waals surface area contributed by atoms with Crippen molar-refractivity contribution in [1.29, 1.82) is 0 Å². The number of halogens is 1. The lowest BCUT2D eigenvalue weighted by Gasteiger charge is -2.05. The van der Waals surface area contributed by atoms with Gasteiger partial charge in [-0.2, -0.15) is 0 Å². The van der Waals surface area contributed by atoms with Crippen molar-refractivity contribution in [2.24, 2.45) is 0 Å². The van der Waals surface area contributed by atoms with Crippen LogP contribution in [-0.4, -0.2) is 17.1 Å². The average Bonchev–Trinajstić information content (AvgIpc) is 2.47. The van der Waals surface area contributed by atoms with Crippen molar-refractivity contribution in [2.75, 3.05) is 7.11 Å². The molecule has 0 atom stereocenters. The number of benzene rings is 2. The number of nitrogens with zero attached hydrogens (tertiary/aromatic N) is 1. The van der Waals surface area contributed by atoms with Gasteiger partial charge in [0.1, 0.15) is 11.6 Å². The lowest BCUT2D eigenvalue weighted by molar-refractivity contribution is 0.415. The van der Waals surface area contributed by atoms with Crippen LogP contribution in [0.25, 0.3) is 22.3 Å². The highest BCUT2D eigenvalue weighted by Crippen LogP contribution is 2.21. The molecule has 3 rings (SSSR count). The topological polar surface area (TPSA) is 55.0 Å². The molecule has 4 nitrogen and oxygen atoms in total. The van der Waals surface area contributed by atoms with Crippen molar-refractivity contribution in [3.05, 3.63) is 57.8 Å². The zero-order valence-electron chi connectivity index (χ0n) is 10.7. The van der Waals surface area contributed by atoms with Crippen LogP contribution in [0.1, 0.15) is 0 Å². The molecule has 1 heterocycles. The predicted octanol–water partition coefficient (Wildman–Crippen LogP) is 3.25. The van der Waals surface area contributed by atoms with Crippen molar-refractivity contribution in [1.82, 2.24) is 9.97 Å². The van der Waals surface area contributed by atoms with Crippen molar-refractivity contribution in [3.8, 4) is 17.1 Å². The second kappa shape index (κ2) is 4.98. The molecule has 0 amide bonds. The van der Waals surface area contributed by atoms with Crippen LogP contribution >= 0.6 is 11.6 Å². The maximum absolute atomic E-state index is 12.1. The minimum absolute atomic E-state index is 0.178. The molecule has 1 aromatic heterocycles. The summed E-state index contributed by atoms with van der Waals surface area (Å²) in [6.07, 6.45) is 0. The zero-order chi connectivity index (χ0) is 14.1. The van der Waals surface area contributed by atoms with E-state index < -0.39 is 0 Å². The molecule has 2 aromatic carbocycles. The highest BCUT2D eigenvalue weighted by Gasteiger charge is 2.07. The number of aromatic amines is 1. The molecule has 0 fully saturated rings. The van der Waals surface area contributed by atoms with E-state index in [1.165, 1.54) is 0 Å². The monoisotopic (exact) mass is 286 g/mol. The largest absolute Gasteiger partial charge is 0.497 e. The molecule has 100 valence electrons. The van der Waals surface area contributed by atoms with E-state index in [9.17, 15) is 4.79 Å².